The molecule has 1 fully saturated rings. The van der Waals surface area contributed by atoms with Crippen molar-refractivity contribution in [2.24, 2.45) is 11.1 Å². The van der Waals surface area contributed by atoms with Crippen molar-refractivity contribution < 1.29 is 4.39 Å². The van der Waals surface area contributed by atoms with Crippen molar-refractivity contribution in [3.63, 3.8) is 0 Å². The second-order valence-electron chi connectivity index (χ2n) is 7.48. The third-order valence-electron chi connectivity index (χ3n) is 5.39. The van der Waals surface area contributed by atoms with Gasteiger partial charge in [-0.05, 0) is 75.7 Å². The van der Waals surface area contributed by atoms with Gasteiger partial charge >= 0.3 is 0 Å². The zero-order chi connectivity index (χ0) is 14.5. The molecule has 1 aliphatic carbocycles. The Kier molecular flexibility index (Phi) is 3.18. The SMILES string of the molecule is CC(C)(C)N1CCC2(CC1)Cc1c(F)cccc1[C@H]2N. The van der Waals surface area contributed by atoms with Crippen LogP contribution in [-0.2, 0) is 6.42 Å². The maximum atomic E-state index is 14.0. The van der Waals surface area contributed by atoms with Gasteiger partial charge in [-0.2, -0.15) is 0 Å². The number of piperidine rings is 1. The van der Waals surface area contributed by atoms with Crippen molar-refractivity contribution in [3.8, 4) is 0 Å². The molecule has 1 aliphatic heterocycles. The van der Waals surface area contributed by atoms with Gasteiger partial charge in [0.25, 0.3) is 0 Å². The summed E-state index contributed by atoms with van der Waals surface area (Å²) in [4.78, 5) is 2.52. The van der Waals surface area contributed by atoms with Gasteiger partial charge in [-0.15, -0.1) is 0 Å². The molecular weight excluding hydrogens is 251 g/mol. The van der Waals surface area contributed by atoms with E-state index < -0.39 is 0 Å². The van der Waals surface area contributed by atoms with E-state index in [1.54, 1.807) is 12.1 Å². The van der Waals surface area contributed by atoms with Crippen molar-refractivity contribution in [3.05, 3.63) is 35.1 Å². The molecule has 1 heterocycles. The van der Waals surface area contributed by atoms with Gasteiger partial charge in [0.15, 0.2) is 0 Å². The molecule has 0 saturated carbocycles. The van der Waals surface area contributed by atoms with Crippen LogP contribution in [0.2, 0.25) is 0 Å². The fourth-order valence-corrected chi connectivity index (χ4v) is 3.96. The minimum atomic E-state index is -0.0759. The first-order valence-corrected chi connectivity index (χ1v) is 7.61. The molecule has 2 aliphatic rings. The Balaban J connectivity index is 1.83. The highest BCUT2D eigenvalue weighted by atomic mass is 19.1. The quantitative estimate of drug-likeness (QED) is 0.788. The summed E-state index contributed by atoms with van der Waals surface area (Å²) in [6.45, 7) is 8.90. The normalized spacial score (nSPS) is 25.9. The molecule has 3 heteroatoms. The van der Waals surface area contributed by atoms with Gasteiger partial charge in [0.1, 0.15) is 5.82 Å². The predicted octanol–water partition coefficient (Wildman–Crippen LogP) is 3.26. The van der Waals surface area contributed by atoms with Crippen LogP contribution in [0, 0.1) is 11.2 Å². The molecule has 2 N–H and O–H groups in total. The smallest absolute Gasteiger partial charge is 0.126 e. The van der Waals surface area contributed by atoms with E-state index in [1.807, 2.05) is 6.07 Å². The molecule has 20 heavy (non-hydrogen) atoms. The first-order chi connectivity index (χ1) is 9.33. The van der Waals surface area contributed by atoms with Crippen LogP contribution in [0.15, 0.2) is 18.2 Å². The number of rotatable bonds is 0. The number of hydrogen-bond acceptors (Lipinski definition) is 2. The van der Waals surface area contributed by atoms with Crippen molar-refractivity contribution in [1.82, 2.24) is 4.90 Å². The summed E-state index contributed by atoms with van der Waals surface area (Å²) in [6.07, 6.45) is 2.95. The third-order valence-corrected chi connectivity index (χ3v) is 5.39. The number of fused-ring (bicyclic) bond motifs is 1. The Morgan fingerprint density at radius 2 is 1.90 bits per heavy atom. The van der Waals surface area contributed by atoms with Crippen LogP contribution in [0.25, 0.3) is 0 Å². The molecule has 0 unspecified atom stereocenters. The molecule has 1 aromatic rings. The van der Waals surface area contributed by atoms with Gasteiger partial charge in [0.2, 0.25) is 0 Å². The largest absolute Gasteiger partial charge is 0.323 e. The van der Waals surface area contributed by atoms with Crippen molar-refractivity contribution in [2.75, 3.05) is 13.1 Å². The standard InChI is InChI=1S/C17H25FN2/c1-16(2,3)20-9-7-17(8-10-20)11-13-12(15(17)19)5-4-6-14(13)18/h4-6,15H,7-11,19H2,1-3H3/t15-/m1/s1. The van der Waals surface area contributed by atoms with Gasteiger partial charge in [0, 0.05) is 11.6 Å². The molecule has 1 spiro atoms. The van der Waals surface area contributed by atoms with Gasteiger partial charge in [-0.25, -0.2) is 4.39 Å². The fraction of sp³-hybridized carbons (Fsp3) is 0.647. The third kappa shape index (κ3) is 2.08. The summed E-state index contributed by atoms with van der Waals surface area (Å²) in [7, 11) is 0. The minimum Gasteiger partial charge on any atom is -0.323 e. The van der Waals surface area contributed by atoms with E-state index in [0.29, 0.717) is 0 Å². The molecule has 0 bridgehead atoms. The van der Waals surface area contributed by atoms with Crippen molar-refractivity contribution >= 4 is 0 Å². The van der Waals surface area contributed by atoms with Gasteiger partial charge in [0.05, 0.1) is 0 Å². The van der Waals surface area contributed by atoms with Gasteiger partial charge in [-0.3, -0.25) is 4.90 Å². The van der Waals surface area contributed by atoms with Crippen molar-refractivity contribution in [1.29, 1.82) is 0 Å². The van der Waals surface area contributed by atoms with E-state index in [9.17, 15) is 4.39 Å². The Bertz CT molecular complexity index is 510. The van der Waals surface area contributed by atoms with Crippen LogP contribution in [0.1, 0.15) is 50.8 Å². The fourth-order valence-electron chi connectivity index (χ4n) is 3.96. The number of likely N-dealkylation sites (tertiary alicyclic amines) is 1. The predicted molar refractivity (Wildman–Crippen MR) is 80.0 cm³/mol. The zero-order valence-corrected chi connectivity index (χ0v) is 12.7. The maximum Gasteiger partial charge on any atom is 0.126 e. The van der Waals surface area contributed by atoms with Gasteiger partial charge in [-0.1, -0.05) is 12.1 Å². The number of nitrogens with zero attached hydrogens (tertiary/aromatic N) is 1. The van der Waals surface area contributed by atoms with Crippen LogP contribution in [0.5, 0.6) is 0 Å². The first-order valence-electron chi connectivity index (χ1n) is 7.61. The molecule has 0 aromatic heterocycles. The van der Waals surface area contributed by atoms with Crippen LogP contribution >= 0.6 is 0 Å². The summed E-state index contributed by atoms with van der Waals surface area (Å²) < 4.78 is 14.0. The minimum absolute atomic E-state index is 0.00433. The summed E-state index contributed by atoms with van der Waals surface area (Å²) >= 11 is 0. The lowest BCUT2D eigenvalue weighted by Crippen LogP contribution is -2.51. The molecule has 1 aromatic carbocycles. The monoisotopic (exact) mass is 276 g/mol. The molecule has 3 rings (SSSR count). The Labute approximate surface area is 121 Å². The number of halogens is 1. The van der Waals surface area contributed by atoms with Crippen LogP contribution in [0.3, 0.4) is 0 Å². The lowest BCUT2D eigenvalue weighted by Gasteiger charge is -2.47. The molecular formula is C17H25FN2. The summed E-state index contributed by atoms with van der Waals surface area (Å²) in [5.74, 6) is -0.0759. The average molecular weight is 276 g/mol. The van der Waals surface area contributed by atoms with Crippen LogP contribution < -0.4 is 5.73 Å². The number of nitrogens with two attached hydrogens (primary N) is 1. The molecule has 1 atom stereocenters. The topological polar surface area (TPSA) is 29.3 Å². The van der Waals surface area contributed by atoms with E-state index in [-0.39, 0.29) is 22.8 Å². The summed E-state index contributed by atoms with van der Waals surface area (Å²) in [5.41, 5.74) is 8.68. The van der Waals surface area contributed by atoms with E-state index in [1.165, 1.54) is 0 Å². The Hall–Kier alpha value is -0.930. The molecule has 0 amide bonds. The number of hydrogen-bond donors (Lipinski definition) is 1. The zero-order valence-electron chi connectivity index (χ0n) is 12.7. The number of benzene rings is 1. The van der Waals surface area contributed by atoms with E-state index in [0.717, 1.165) is 43.5 Å². The molecule has 1 saturated heterocycles. The van der Waals surface area contributed by atoms with E-state index >= 15 is 0 Å². The summed E-state index contributed by atoms with van der Waals surface area (Å²) in [6, 6.07) is 5.36. The second-order valence-corrected chi connectivity index (χ2v) is 7.48. The molecule has 2 nitrogen and oxygen atoms in total. The highest BCUT2D eigenvalue weighted by Crippen LogP contribution is 2.51. The summed E-state index contributed by atoms with van der Waals surface area (Å²) in [5, 5.41) is 0. The lowest BCUT2D eigenvalue weighted by molar-refractivity contribution is 0.0343. The Morgan fingerprint density at radius 1 is 1.25 bits per heavy atom. The Morgan fingerprint density at radius 3 is 2.45 bits per heavy atom. The highest BCUT2D eigenvalue weighted by Gasteiger charge is 2.47. The second kappa shape index (κ2) is 4.54. The van der Waals surface area contributed by atoms with Crippen molar-refractivity contribution in [2.45, 2.75) is 51.6 Å². The van der Waals surface area contributed by atoms with Crippen LogP contribution in [0.4, 0.5) is 4.39 Å². The average Bonchev–Trinajstić information content (AvgIpc) is 2.65. The lowest BCUT2D eigenvalue weighted by atomic mass is 9.72. The maximum absolute atomic E-state index is 14.0. The molecule has 110 valence electrons. The highest BCUT2D eigenvalue weighted by molar-refractivity contribution is 5.39. The van der Waals surface area contributed by atoms with E-state index in [4.69, 9.17) is 5.73 Å². The van der Waals surface area contributed by atoms with Gasteiger partial charge < -0.3 is 5.73 Å². The molecule has 0 radical (unpaired) electrons. The van der Waals surface area contributed by atoms with E-state index in [2.05, 4.69) is 25.7 Å². The van der Waals surface area contributed by atoms with Crippen LogP contribution in [-0.4, -0.2) is 23.5 Å². The first kappa shape index (κ1) is 14.0.